The SMILES string of the molecule is CCN(Cc1noc(CN)n1)Cc1ccc(Cl)s1.Cl. The number of hydrogen-bond acceptors (Lipinski definition) is 6. The molecule has 0 atom stereocenters. The Hall–Kier alpha value is -0.660. The van der Waals surface area contributed by atoms with Crippen molar-refractivity contribution in [2.24, 2.45) is 5.73 Å². The van der Waals surface area contributed by atoms with Gasteiger partial charge in [-0.1, -0.05) is 23.7 Å². The second-order valence-electron chi connectivity index (χ2n) is 3.82. The lowest BCUT2D eigenvalue weighted by atomic mass is 10.4. The molecule has 19 heavy (non-hydrogen) atoms. The van der Waals surface area contributed by atoms with E-state index in [2.05, 4.69) is 22.0 Å². The molecule has 2 aromatic heterocycles. The zero-order valence-electron chi connectivity index (χ0n) is 10.5. The van der Waals surface area contributed by atoms with E-state index in [9.17, 15) is 0 Å². The van der Waals surface area contributed by atoms with Crippen LogP contribution in [0.3, 0.4) is 0 Å². The van der Waals surface area contributed by atoms with Gasteiger partial charge in [0.2, 0.25) is 5.89 Å². The molecule has 0 spiro atoms. The van der Waals surface area contributed by atoms with Crippen LogP contribution in [0.2, 0.25) is 4.34 Å². The fourth-order valence-corrected chi connectivity index (χ4v) is 2.70. The fraction of sp³-hybridized carbons (Fsp3) is 0.455. The third kappa shape index (κ3) is 4.74. The number of nitrogens with two attached hydrogens (primary N) is 1. The van der Waals surface area contributed by atoms with E-state index in [0.717, 1.165) is 17.4 Å². The van der Waals surface area contributed by atoms with Crippen LogP contribution in [-0.2, 0) is 19.6 Å². The molecule has 0 aliphatic heterocycles. The maximum atomic E-state index is 5.92. The highest BCUT2D eigenvalue weighted by atomic mass is 35.5. The summed E-state index contributed by atoms with van der Waals surface area (Å²) in [5.74, 6) is 1.14. The van der Waals surface area contributed by atoms with Crippen molar-refractivity contribution in [3.8, 4) is 0 Å². The highest BCUT2D eigenvalue weighted by Crippen LogP contribution is 2.23. The largest absolute Gasteiger partial charge is 0.338 e. The molecule has 0 bridgehead atoms. The predicted octanol–water partition coefficient (Wildman–Crippen LogP) is 2.69. The molecule has 106 valence electrons. The summed E-state index contributed by atoms with van der Waals surface area (Å²) < 4.78 is 5.79. The van der Waals surface area contributed by atoms with Crippen LogP contribution in [0.4, 0.5) is 0 Å². The number of thiophene rings is 1. The summed E-state index contributed by atoms with van der Waals surface area (Å²) in [6.45, 7) is 4.76. The summed E-state index contributed by atoms with van der Waals surface area (Å²) in [5.41, 5.74) is 5.43. The van der Waals surface area contributed by atoms with Crippen LogP contribution in [0, 0.1) is 0 Å². The monoisotopic (exact) mass is 322 g/mol. The molecular weight excluding hydrogens is 307 g/mol. The molecule has 5 nitrogen and oxygen atoms in total. The minimum atomic E-state index is 0. The number of rotatable bonds is 6. The van der Waals surface area contributed by atoms with Crippen molar-refractivity contribution in [3.05, 3.63) is 33.1 Å². The molecule has 0 fully saturated rings. The van der Waals surface area contributed by atoms with Crippen molar-refractivity contribution >= 4 is 35.3 Å². The molecule has 8 heteroatoms. The molecule has 2 rings (SSSR count). The number of nitrogens with zero attached hydrogens (tertiary/aromatic N) is 3. The third-order valence-electron chi connectivity index (χ3n) is 2.51. The van der Waals surface area contributed by atoms with Gasteiger partial charge in [0, 0.05) is 11.4 Å². The molecule has 0 saturated carbocycles. The quantitative estimate of drug-likeness (QED) is 0.885. The minimum Gasteiger partial charge on any atom is -0.338 e. The van der Waals surface area contributed by atoms with Gasteiger partial charge in [-0.05, 0) is 18.7 Å². The zero-order valence-corrected chi connectivity index (χ0v) is 12.9. The van der Waals surface area contributed by atoms with Gasteiger partial charge >= 0.3 is 0 Å². The first-order valence-electron chi connectivity index (χ1n) is 5.69. The summed E-state index contributed by atoms with van der Waals surface area (Å²) in [6.07, 6.45) is 0. The summed E-state index contributed by atoms with van der Waals surface area (Å²) in [5, 5.41) is 3.89. The van der Waals surface area contributed by atoms with Gasteiger partial charge < -0.3 is 10.3 Å². The van der Waals surface area contributed by atoms with Crippen LogP contribution < -0.4 is 5.73 Å². The number of hydrogen-bond donors (Lipinski definition) is 1. The van der Waals surface area contributed by atoms with Gasteiger partial charge in [0.25, 0.3) is 0 Å². The summed E-state index contributed by atoms with van der Waals surface area (Å²) in [7, 11) is 0. The van der Waals surface area contributed by atoms with Crippen LogP contribution in [-0.4, -0.2) is 21.6 Å². The minimum absolute atomic E-state index is 0. The van der Waals surface area contributed by atoms with Gasteiger partial charge in [0.15, 0.2) is 5.82 Å². The topological polar surface area (TPSA) is 68.2 Å². The third-order valence-corrected chi connectivity index (χ3v) is 3.72. The lowest BCUT2D eigenvalue weighted by Gasteiger charge is -2.17. The van der Waals surface area contributed by atoms with E-state index < -0.39 is 0 Å². The number of aromatic nitrogens is 2. The van der Waals surface area contributed by atoms with Crippen molar-refractivity contribution in [2.75, 3.05) is 6.54 Å². The van der Waals surface area contributed by atoms with E-state index in [4.69, 9.17) is 21.9 Å². The van der Waals surface area contributed by atoms with Crippen LogP contribution >= 0.6 is 35.3 Å². The van der Waals surface area contributed by atoms with Crippen molar-refractivity contribution in [3.63, 3.8) is 0 Å². The fourth-order valence-electron chi connectivity index (χ4n) is 1.57. The second-order valence-corrected chi connectivity index (χ2v) is 5.62. The Morgan fingerprint density at radius 3 is 2.74 bits per heavy atom. The normalized spacial score (nSPS) is 10.7. The van der Waals surface area contributed by atoms with E-state index in [0.29, 0.717) is 18.3 Å². The second kappa shape index (κ2) is 7.81. The molecule has 0 unspecified atom stereocenters. The van der Waals surface area contributed by atoms with E-state index >= 15 is 0 Å². The van der Waals surface area contributed by atoms with Crippen LogP contribution in [0.1, 0.15) is 23.5 Å². The maximum Gasteiger partial charge on any atom is 0.240 e. The standard InChI is InChI=1S/C11H15ClN4OS.ClH/c1-2-16(6-8-3-4-9(12)18-8)7-10-14-11(5-13)17-15-10;/h3-4H,2,5-7,13H2,1H3;1H. The molecule has 0 amide bonds. The molecule has 2 aromatic rings. The molecule has 0 aliphatic carbocycles. The van der Waals surface area contributed by atoms with E-state index in [-0.39, 0.29) is 19.0 Å². The lowest BCUT2D eigenvalue weighted by molar-refractivity contribution is 0.261. The van der Waals surface area contributed by atoms with Crippen LogP contribution in [0.5, 0.6) is 0 Å². The smallest absolute Gasteiger partial charge is 0.240 e. The molecule has 0 radical (unpaired) electrons. The first-order valence-corrected chi connectivity index (χ1v) is 6.88. The van der Waals surface area contributed by atoms with Crippen molar-refractivity contribution in [2.45, 2.75) is 26.6 Å². The van der Waals surface area contributed by atoms with Crippen molar-refractivity contribution in [1.82, 2.24) is 15.0 Å². The Balaban J connectivity index is 0.00000180. The molecule has 0 saturated heterocycles. The van der Waals surface area contributed by atoms with Gasteiger partial charge in [-0.15, -0.1) is 23.7 Å². The Morgan fingerprint density at radius 2 is 2.21 bits per heavy atom. The molecule has 0 aromatic carbocycles. The van der Waals surface area contributed by atoms with Crippen molar-refractivity contribution < 1.29 is 4.52 Å². The maximum absolute atomic E-state index is 5.92. The molecule has 2 N–H and O–H groups in total. The number of halogens is 2. The van der Waals surface area contributed by atoms with E-state index in [1.807, 2.05) is 12.1 Å². The Labute approximate surface area is 127 Å². The van der Waals surface area contributed by atoms with Crippen LogP contribution in [0.25, 0.3) is 0 Å². The molecule has 2 heterocycles. The zero-order chi connectivity index (χ0) is 13.0. The molecular formula is C11H16Cl2N4OS. The average molecular weight is 323 g/mol. The predicted molar refractivity (Wildman–Crippen MR) is 78.6 cm³/mol. The van der Waals surface area contributed by atoms with Gasteiger partial charge in [-0.2, -0.15) is 4.98 Å². The lowest BCUT2D eigenvalue weighted by Crippen LogP contribution is -2.22. The van der Waals surface area contributed by atoms with Gasteiger partial charge in [-0.3, -0.25) is 4.90 Å². The average Bonchev–Trinajstić information content (AvgIpc) is 2.97. The highest BCUT2D eigenvalue weighted by Gasteiger charge is 2.11. The molecule has 0 aliphatic rings. The Bertz CT molecular complexity index is 502. The first kappa shape index (κ1) is 16.4. The van der Waals surface area contributed by atoms with Gasteiger partial charge in [-0.25, -0.2) is 0 Å². The van der Waals surface area contributed by atoms with E-state index in [1.54, 1.807) is 11.3 Å². The van der Waals surface area contributed by atoms with Crippen LogP contribution in [0.15, 0.2) is 16.7 Å². The summed E-state index contributed by atoms with van der Waals surface area (Å²) >= 11 is 7.51. The van der Waals surface area contributed by atoms with Gasteiger partial charge in [0.1, 0.15) is 0 Å². The summed E-state index contributed by atoms with van der Waals surface area (Å²) in [4.78, 5) is 7.64. The van der Waals surface area contributed by atoms with Gasteiger partial charge in [0.05, 0.1) is 17.4 Å². The van der Waals surface area contributed by atoms with Crippen molar-refractivity contribution in [1.29, 1.82) is 0 Å². The summed E-state index contributed by atoms with van der Waals surface area (Å²) in [6, 6.07) is 3.95. The van der Waals surface area contributed by atoms with E-state index in [1.165, 1.54) is 4.88 Å². The Morgan fingerprint density at radius 1 is 1.42 bits per heavy atom. The first-order chi connectivity index (χ1) is 8.71. The Kier molecular flexibility index (Phi) is 6.74. The highest BCUT2D eigenvalue weighted by molar-refractivity contribution is 7.16.